The van der Waals surface area contributed by atoms with Gasteiger partial charge in [0.2, 0.25) is 10.0 Å². The predicted molar refractivity (Wildman–Crippen MR) is 119 cm³/mol. The highest BCUT2D eigenvalue weighted by Gasteiger charge is 2.28. The fourth-order valence-corrected chi connectivity index (χ4v) is 5.70. The second-order valence-corrected chi connectivity index (χ2v) is 9.70. The number of piperidine rings is 1. The zero-order valence-corrected chi connectivity index (χ0v) is 18.4. The van der Waals surface area contributed by atoms with Crippen molar-refractivity contribution in [3.05, 3.63) is 63.5 Å². The van der Waals surface area contributed by atoms with Crippen LogP contribution in [0.25, 0.3) is 10.8 Å². The van der Waals surface area contributed by atoms with Gasteiger partial charge in [-0.25, -0.2) is 13.1 Å². The van der Waals surface area contributed by atoms with Gasteiger partial charge in [0.25, 0.3) is 11.5 Å². The molecule has 1 aromatic heterocycles. The molecule has 162 valence electrons. The fourth-order valence-electron chi connectivity index (χ4n) is 3.68. The normalized spacial score (nSPS) is 15.2. The Morgan fingerprint density at radius 3 is 2.45 bits per heavy atom. The quantitative estimate of drug-likeness (QED) is 0.644. The van der Waals surface area contributed by atoms with Crippen LogP contribution >= 0.6 is 11.6 Å². The highest BCUT2D eigenvalue weighted by molar-refractivity contribution is 7.89. The van der Waals surface area contributed by atoms with Crippen molar-refractivity contribution in [2.24, 2.45) is 7.05 Å². The molecule has 3 aromatic rings. The molecule has 0 radical (unpaired) electrons. The Bertz CT molecular complexity index is 1330. The van der Waals surface area contributed by atoms with Crippen molar-refractivity contribution in [1.29, 1.82) is 0 Å². The molecular weight excluding hydrogens is 440 g/mol. The lowest BCUT2D eigenvalue weighted by atomic mass is 10.1. The number of amides is 1. The number of hydrogen-bond acceptors (Lipinski definition) is 5. The minimum Gasteiger partial charge on any atom is -0.321 e. The van der Waals surface area contributed by atoms with Crippen molar-refractivity contribution in [3.8, 4) is 0 Å². The lowest BCUT2D eigenvalue weighted by Crippen LogP contribution is -2.35. The minimum atomic E-state index is -3.77. The highest BCUT2D eigenvalue weighted by atomic mass is 35.5. The Morgan fingerprint density at radius 1 is 1.06 bits per heavy atom. The van der Waals surface area contributed by atoms with E-state index in [1.54, 1.807) is 24.3 Å². The molecule has 1 amide bonds. The van der Waals surface area contributed by atoms with E-state index in [1.807, 2.05) is 0 Å². The molecule has 0 aliphatic carbocycles. The van der Waals surface area contributed by atoms with Gasteiger partial charge in [-0.05, 0) is 37.1 Å². The van der Waals surface area contributed by atoms with Gasteiger partial charge < -0.3 is 5.32 Å². The summed E-state index contributed by atoms with van der Waals surface area (Å²) in [6.45, 7) is 0.895. The summed E-state index contributed by atoms with van der Waals surface area (Å²) < 4.78 is 28.6. The van der Waals surface area contributed by atoms with E-state index in [1.165, 1.54) is 29.6 Å². The van der Waals surface area contributed by atoms with Crippen LogP contribution in [0.1, 0.15) is 29.8 Å². The Balaban J connectivity index is 1.69. The van der Waals surface area contributed by atoms with Crippen LogP contribution in [0.5, 0.6) is 0 Å². The van der Waals surface area contributed by atoms with E-state index >= 15 is 0 Å². The molecule has 0 spiro atoms. The summed E-state index contributed by atoms with van der Waals surface area (Å²) in [5.74, 6) is -0.560. The molecule has 31 heavy (non-hydrogen) atoms. The Morgan fingerprint density at radius 2 is 1.74 bits per heavy atom. The first-order chi connectivity index (χ1) is 14.8. The molecule has 0 bridgehead atoms. The van der Waals surface area contributed by atoms with E-state index in [0.29, 0.717) is 23.9 Å². The first kappa shape index (κ1) is 21.5. The number of aryl methyl sites for hydroxylation is 1. The number of aromatic nitrogens is 2. The molecule has 2 heterocycles. The highest BCUT2D eigenvalue weighted by Crippen LogP contribution is 2.29. The molecule has 1 fully saturated rings. The van der Waals surface area contributed by atoms with Gasteiger partial charge in [0.15, 0.2) is 5.69 Å². The lowest BCUT2D eigenvalue weighted by Gasteiger charge is -2.26. The molecule has 1 saturated heterocycles. The number of benzene rings is 2. The van der Waals surface area contributed by atoms with Crippen LogP contribution in [0.4, 0.5) is 5.69 Å². The van der Waals surface area contributed by atoms with Gasteiger partial charge in [0.05, 0.1) is 10.4 Å². The number of nitrogens with zero attached hydrogens (tertiary/aromatic N) is 3. The van der Waals surface area contributed by atoms with E-state index in [4.69, 9.17) is 11.6 Å². The second-order valence-electron chi connectivity index (χ2n) is 7.39. The number of nitrogens with one attached hydrogen (secondary N) is 1. The molecule has 1 N–H and O–H groups in total. The Hall–Kier alpha value is -2.75. The van der Waals surface area contributed by atoms with Crippen molar-refractivity contribution in [3.63, 3.8) is 0 Å². The third kappa shape index (κ3) is 4.08. The maximum Gasteiger partial charge on any atom is 0.276 e. The Kier molecular flexibility index (Phi) is 5.83. The smallest absolute Gasteiger partial charge is 0.276 e. The number of fused-ring (bicyclic) bond motifs is 1. The second kappa shape index (κ2) is 8.41. The van der Waals surface area contributed by atoms with E-state index in [9.17, 15) is 18.0 Å². The largest absolute Gasteiger partial charge is 0.321 e. The average molecular weight is 461 g/mol. The maximum atomic E-state index is 13.1. The molecule has 1 aliphatic heterocycles. The van der Waals surface area contributed by atoms with Gasteiger partial charge in [-0.3, -0.25) is 9.59 Å². The van der Waals surface area contributed by atoms with E-state index in [2.05, 4.69) is 10.4 Å². The zero-order valence-electron chi connectivity index (χ0n) is 16.8. The lowest BCUT2D eigenvalue weighted by molar-refractivity contribution is 0.102. The summed E-state index contributed by atoms with van der Waals surface area (Å²) in [6, 6.07) is 11.0. The predicted octanol–water partition coefficient (Wildman–Crippen LogP) is 3.01. The van der Waals surface area contributed by atoms with E-state index in [0.717, 1.165) is 23.9 Å². The van der Waals surface area contributed by atoms with Crippen molar-refractivity contribution < 1.29 is 13.2 Å². The van der Waals surface area contributed by atoms with Crippen molar-refractivity contribution in [2.75, 3.05) is 18.4 Å². The van der Waals surface area contributed by atoms with Gasteiger partial charge in [0.1, 0.15) is 4.90 Å². The van der Waals surface area contributed by atoms with Gasteiger partial charge in [-0.2, -0.15) is 9.40 Å². The van der Waals surface area contributed by atoms with Crippen LogP contribution in [0.2, 0.25) is 5.02 Å². The van der Waals surface area contributed by atoms with E-state index in [-0.39, 0.29) is 26.9 Å². The van der Waals surface area contributed by atoms with Crippen LogP contribution in [0, 0.1) is 0 Å². The monoisotopic (exact) mass is 460 g/mol. The molecule has 4 rings (SSSR count). The van der Waals surface area contributed by atoms with Gasteiger partial charge in [0, 0.05) is 31.2 Å². The van der Waals surface area contributed by atoms with Crippen LogP contribution in [-0.2, 0) is 17.1 Å². The first-order valence-electron chi connectivity index (χ1n) is 9.86. The number of carbonyl (C=O) groups is 1. The molecule has 8 nitrogen and oxygen atoms in total. The summed E-state index contributed by atoms with van der Waals surface area (Å²) in [5.41, 5.74) is 0.0198. The number of halogens is 1. The van der Waals surface area contributed by atoms with Gasteiger partial charge in [-0.1, -0.05) is 36.2 Å². The van der Waals surface area contributed by atoms with E-state index < -0.39 is 15.9 Å². The number of hydrogen-bond donors (Lipinski definition) is 1. The van der Waals surface area contributed by atoms with Crippen LogP contribution in [0.3, 0.4) is 0 Å². The van der Waals surface area contributed by atoms with Crippen molar-refractivity contribution in [2.45, 2.75) is 24.2 Å². The third-order valence-electron chi connectivity index (χ3n) is 5.29. The molecule has 0 saturated carbocycles. The molecule has 10 heteroatoms. The Labute approximate surface area is 184 Å². The van der Waals surface area contributed by atoms with Crippen LogP contribution < -0.4 is 10.9 Å². The third-order valence-corrected chi connectivity index (χ3v) is 7.67. The van der Waals surface area contributed by atoms with Crippen molar-refractivity contribution in [1.82, 2.24) is 14.1 Å². The zero-order chi connectivity index (χ0) is 22.2. The SMILES string of the molecule is Cn1nc(C(=O)Nc2ccc(Cl)c(S(=O)(=O)N3CCCCC3)c2)c2ccccc2c1=O. The molecule has 2 aromatic carbocycles. The van der Waals surface area contributed by atoms with Gasteiger partial charge in [-0.15, -0.1) is 0 Å². The number of sulfonamides is 1. The summed E-state index contributed by atoms with van der Waals surface area (Å²) >= 11 is 6.20. The molecule has 0 unspecified atom stereocenters. The minimum absolute atomic E-state index is 0.0489. The van der Waals surface area contributed by atoms with Gasteiger partial charge >= 0.3 is 0 Å². The molecule has 1 aliphatic rings. The van der Waals surface area contributed by atoms with Crippen LogP contribution in [-0.4, -0.2) is 41.5 Å². The summed E-state index contributed by atoms with van der Waals surface area (Å²) in [5, 5.41) is 7.66. The number of anilines is 1. The summed E-state index contributed by atoms with van der Waals surface area (Å²) in [4.78, 5) is 25.2. The average Bonchev–Trinajstić information content (AvgIpc) is 2.78. The van der Waals surface area contributed by atoms with Crippen LogP contribution in [0.15, 0.2) is 52.2 Å². The number of rotatable bonds is 4. The first-order valence-corrected chi connectivity index (χ1v) is 11.7. The fraction of sp³-hybridized carbons (Fsp3) is 0.286. The standard InChI is InChI=1S/C21H21ClN4O4S/c1-25-21(28)16-8-4-3-7-15(16)19(24-25)20(27)23-14-9-10-17(22)18(13-14)31(29,30)26-11-5-2-6-12-26/h3-4,7-10,13H,2,5-6,11-12H2,1H3,(H,23,27). The summed E-state index contributed by atoms with van der Waals surface area (Å²) in [7, 11) is -2.30. The summed E-state index contributed by atoms with van der Waals surface area (Å²) in [6.07, 6.45) is 2.61. The topological polar surface area (TPSA) is 101 Å². The molecule has 0 atom stereocenters. The van der Waals surface area contributed by atoms with Crippen molar-refractivity contribution >= 4 is 44.0 Å². The molecular formula is C21H21ClN4O4S. The maximum absolute atomic E-state index is 13.1. The number of carbonyl (C=O) groups excluding carboxylic acids is 1.